The van der Waals surface area contributed by atoms with E-state index in [-0.39, 0.29) is 5.91 Å². The third-order valence-corrected chi connectivity index (χ3v) is 4.06. The molecule has 0 radical (unpaired) electrons. The summed E-state index contributed by atoms with van der Waals surface area (Å²) in [5.41, 5.74) is 4.08. The van der Waals surface area contributed by atoms with Gasteiger partial charge in [-0.25, -0.2) is 4.98 Å². The summed E-state index contributed by atoms with van der Waals surface area (Å²) < 4.78 is 5.01. The van der Waals surface area contributed by atoms with Gasteiger partial charge in [0.2, 0.25) is 0 Å². The highest BCUT2D eigenvalue weighted by Crippen LogP contribution is 2.27. The van der Waals surface area contributed by atoms with Crippen molar-refractivity contribution in [3.05, 3.63) is 65.2 Å². The van der Waals surface area contributed by atoms with E-state index in [1.54, 1.807) is 24.4 Å². The number of anilines is 3. The van der Waals surface area contributed by atoms with Crippen LogP contribution in [0.5, 0.6) is 0 Å². The maximum atomic E-state index is 12.6. The van der Waals surface area contributed by atoms with Crippen LogP contribution in [-0.4, -0.2) is 16.0 Å². The average Bonchev–Trinajstić information content (AvgIpc) is 3.02. The number of carbonyl (C=O) groups is 1. The van der Waals surface area contributed by atoms with Gasteiger partial charge in [-0.3, -0.25) is 4.79 Å². The number of nitrogens with one attached hydrogen (secondary N) is 2. The number of hydrogen-bond acceptors (Lipinski definition) is 5. The second kappa shape index (κ2) is 7.39. The normalized spacial score (nSPS) is 10.8. The van der Waals surface area contributed by atoms with Gasteiger partial charge in [0.15, 0.2) is 5.82 Å². The van der Waals surface area contributed by atoms with Crippen molar-refractivity contribution in [2.45, 2.75) is 33.6 Å². The number of nitrogens with zero attached hydrogens (tertiary/aromatic N) is 2. The molecule has 0 bridgehead atoms. The van der Waals surface area contributed by atoms with E-state index in [1.165, 1.54) is 0 Å². The first-order valence-corrected chi connectivity index (χ1v) is 8.51. The molecular formula is C20H22N4O2. The topological polar surface area (TPSA) is 80.0 Å². The number of rotatable bonds is 5. The number of para-hydroxylation sites is 1. The van der Waals surface area contributed by atoms with Crippen LogP contribution in [0.3, 0.4) is 0 Å². The maximum absolute atomic E-state index is 12.6. The number of benzene rings is 1. The van der Waals surface area contributed by atoms with Crippen molar-refractivity contribution in [2.24, 2.45) is 0 Å². The van der Waals surface area contributed by atoms with E-state index < -0.39 is 0 Å². The monoisotopic (exact) mass is 350 g/mol. The Labute approximate surface area is 152 Å². The molecule has 6 heteroatoms. The molecule has 0 unspecified atom stereocenters. The molecule has 0 spiro atoms. The summed E-state index contributed by atoms with van der Waals surface area (Å²) >= 11 is 0. The zero-order chi connectivity index (χ0) is 18.7. The van der Waals surface area contributed by atoms with Gasteiger partial charge in [0.25, 0.3) is 5.91 Å². The minimum atomic E-state index is -0.231. The number of carbonyl (C=O) groups excluding carboxylic acids is 1. The lowest BCUT2D eigenvalue weighted by atomic mass is 9.98. The van der Waals surface area contributed by atoms with Gasteiger partial charge in [-0.1, -0.05) is 37.2 Å². The first-order valence-electron chi connectivity index (χ1n) is 8.51. The SMILES string of the molecule is Cc1cc(Nc2ccc(C(=O)Nc3c(C)cccc3C(C)C)nc2)no1. The molecule has 0 saturated carbocycles. The Morgan fingerprint density at radius 2 is 1.96 bits per heavy atom. The smallest absolute Gasteiger partial charge is 0.274 e. The third kappa shape index (κ3) is 3.91. The van der Waals surface area contributed by atoms with Gasteiger partial charge in [0.1, 0.15) is 11.5 Å². The summed E-state index contributed by atoms with van der Waals surface area (Å²) in [4.78, 5) is 16.8. The van der Waals surface area contributed by atoms with Crippen molar-refractivity contribution < 1.29 is 9.32 Å². The van der Waals surface area contributed by atoms with Gasteiger partial charge >= 0.3 is 0 Å². The Kier molecular flexibility index (Phi) is 5.02. The Morgan fingerprint density at radius 3 is 2.58 bits per heavy atom. The molecule has 0 fully saturated rings. The molecule has 6 nitrogen and oxygen atoms in total. The minimum Gasteiger partial charge on any atom is -0.360 e. The molecule has 2 heterocycles. The van der Waals surface area contributed by atoms with Crippen LogP contribution in [0.15, 0.2) is 47.1 Å². The van der Waals surface area contributed by atoms with Gasteiger partial charge in [0, 0.05) is 11.8 Å². The summed E-state index contributed by atoms with van der Waals surface area (Å²) in [7, 11) is 0. The molecule has 0 aliphatic carbocycles. The van der Waals surface area contributed by atoms with Crippen molar-refractivity contribution in [1.29, 1.82) is 0 Å². The zero-order valence-electron chi connectivity index (χ0n) is 15.3. The van der Waals surface area contributed by atoms with Crippen molar-refractivity contribution in [3.63, 3.8) is 0 Å². The Morgan fingerprint density at radius 1 is 1.15 bits per heavy atom. The van der Waals surface area contributed by atoms with E-state index >= 15 is 0 Å². The van der Waals surface area contributed by atoms with Crippen molar-refractivity contribution in [2.75, 3.05) is 10.6 Å². The molecule has 0 saturated heterocycles. The van der Waals surface area contributed by atoms with Crippen LogP contribution in [-0.2, 0) is 0 Å². The standard InChI is InChI=1S/C20H22N4O2/c1-12(2)16-7-5-6-13(3)19(16)23-20(25)17-9-8-15(11-21-17)22-18-10-14(4)26-24-18/h5-12H,1-4H3,(H,22,24)(H,23,25). The first kappa shape index (κ1) is 17.7. The average molecular weight is 350 g/mol. The molecule has 1 aromatic carbocycles. The Bertz CT molecular complexity index is 914. The fourth-order valence-corrected chi connectivity index (χ4v) is 2.70. The summed E-state index contributed by atoms with van der Waals surface area (Å²) in [6.45, 7) is 8.02. The van der Waals surface area contributed by atoms with Gasteiger partial charge < -0.3 is 15.2 Å². The first-order chi connectivity index (χ1) is 12.4. The molecule has 2 aromatic heterocycles. The molecule has 0 aliphatic rings. The third-order valence-electron chi connectivity index (χ3n) is 4.06. The van der Waals surface area contributed by atoms with Crippen LogP contribution in [0.2, 0.25) is 0 Å². The number of pyridine rings is 1. The molecular weight excluding hydrogens is 328 g/mol. The van der Waals surface area contributed by atoms with Crippen LogP contribution in [0, 0.1) is 13.8 Å². The lowest BCUT2D eigenvalue weighted by molar-refractivity contribution is 0.102. The second-order valence-corrected chi connectivity index (χ2v) is 6.53. The lowest BCUT2D eigenvalue weighted by Gasteiger charge is -2.16. The molecule has 2 N–H and O–H groups in total. The number of aryl methyl sites for hydroxylation is 2. The Balaban J connectivity index is 1.75. The summed E-state index contributed by atoms with van der Waals surface area (Å²) in [5.74, 6) is 1.40. The van der Waals surface area contributed by atoms with Crippen LogP contribution < -0.4 is 10.6 Å². The zero-order valence-corrected chi connectivity index (χ0v) is 15.3. The van der Waals surface area contributed by atoms with Gasteiger partial charge in [-0.2, -0.15) is 0 Å². The Hall–Kier alpha value is -3.15. The van der Waals surface area contributed by atoms with E-state index in [0.29, 0.717) is 17.4 Å². The van der Waals surface area contributed by atoms with Crippen LogP contribution in [0.1, 0.15) is 47.1 Å². The van der Waals surface area contributed by atoms with Crippen LogP contribution >= 0.6 is 0 Å². The molecule has 0 aliphatic heterocycles. The van der Waals surface area contributed by atoms with Gasteiger partial charge in [-0.05, 0) is 43.0 Å². The van der Waals surface area contributed by atoms with E-state index in [2.05, 4.69) is 34.6 Å². The van der Waals surface area contributed by atoms with Crippen LogP contribution in [0.25, 0.3) is 0 Å². The van der Waals surface area contributed by atoms with E-state index in [1.807, 2.05) is 32.0 Å². The van der Waals surface area contributed by atoms with Crippen molar-refractivity contribution in [3.8, 4) is 0 Å². The number of hydrogen-bond donors (Lipinski definition) is 2. The van der Waals surface area contributed by atoms with E-state index in [0.717, 1.165) is 28.3 Å². The molecule has 0 atom stereocenters. The maximum Gasteiger partial charge on any atom is 0.274 e. The number of amides is 1. The quantitative estimate of drug-likeness (QED) is 0.690. The minimum absolute atomic E-state index is 0.231. The van der Waals surface area contributed by atoms with Gasteiger partial charge in [0.05, 0.1) is 11.9 Å². The van der Waals surface area contributed by atoms with Crippen molar-refractivity contribution in [1.82, 2.24) is 10.1 Å². The summed E-state index contributed by atoms with van der Waals surface area (Å²) in [6.07, 6.45) is 1.60. The molecule has 26 heavy (non-hydrogen) atoms. The molecule has 134 valence electrons. The number of aromatic nitrogens is 2. The molecule has 3 rings (SSSR count). The lowest BCUT2D eigenvalue weighted by Crippen LogP contribution is -2.16. The van der Waals surface area contributed by atoms with Gasteiger partial charge in [-0.15, -0.1) is 0 Å². The van der Waals surface area contributed by atoms with E-state index in [9.17, 15) is 4.79 Å². The largest absolute Gasteiger partial charge is 0.360 e. The summed E-state index contributed by atoms with van der Waals surface area (Å²) in [5, 5.41) is 9.94. The predicted octanol–water partition coefficient (Wildman–Crippen LogP) is 4.81. The van der Waals surface area contributed by atoms with Crippen molar-refractivity contribution >= 4 is 23.1 Å². The highest BCUT2D eigenvalue weighted by atomic mass is 16.5. The predicted molar refractivity (Wildman–Crippen MR) is 102 cm³/mol. The highest BCUT2D eigenvalue weighted by Gasteiger charge is 2.14. The second-order valence-electron chi connectivity index (χ2n) is 6.53. The van der Waals surface area contributed by atoms with E-state index in [4.69, 9.17) is 4.52 Å². The highest BCUT2D eigenvalue weighted by molar-refractivity contribution is 6.03. The molecule has 3 aromatic rings. The van der Waals surface area contributed by atoms with Crippen LogP contribution in [0.4, 0.5) is 17.2 Å². The molecule has 1 amide bonds. The fraction of sp³-hybridized carbons (Fsp3) is 0.250. The summed E-state index contributed by atoms with van der Waals surface area (Å²) in [6, 6.07) is 11.3. The fourth-order valence-electron chi connectivity index (χ4n) is 2.70.